The van der Waals surface area contributed by atoms with E-state index in [4.69, 9.17) is 17.3 Å². The third kappa shape index (κ3) is 2.06. The summed E-state index contributed by atoms with van der Waals surface area (Å²) in [6, 6.07) is 7.59. The molecule has 0 unspecified atom stereocenters. The van der Waals surface area contributed by atoms with E-state index in [9.17, 15) is 4.79 Å². The van der Waals surface area contributed by atoms with Crippen molar-refractivity contribution in [3.63, 3.8) is 0 Å². The highest BCUT2D eigenvalue weighted by molar-refractivity contribution is 6.17. The first kappa shape index (κ1) is 11.7. The summed E-state index contributed by atoms with van der Waals surface area (Å²) in [6.45, 7) is 0. The Morgan fingerprint density at radius 2 is 2.11 bits per heavy atom. The summed E-state index contributed by atoms with van der Waals surface area (Å²) in [5.74, 6) is 1.02. The van der Waals surface area contributed by atoms with E-state index >= 15 is 0 Å². The van der Waals surface area contributed by atoms with Crippen LogP contribution in [-0.2, 0) is 5.88 Å². The summed E-state index contributed by atoms with van der Waals surface area (Å²) in [7, 11) is 0. The number of nitrogens with two attached hydrogens (primary N) is 1. The monoisotopic (exact) mass is 275 g/mol. The number of aromatic nitrogens is 4. The standard InChI is InChI=1S/C12H10ClN5O/c13-5-6-2-1-3-7(4-6)9-15-8-10(16-9)17-12(14)18-11(8)19/h1-4H,5H2,(H4,14,15,16,17,18,19). The molecule has 0 aliphatic carbocycles. The molecule has 0 atom stereocenters. The number of fused-ring (bicyclic) bond motifs is 1. The van der Waals surface area contributed by atoms with Crippen LogP contribution in [0.5, 0.6) is 0 Å². The van der Waals surface area contributed by atoms with Gasteiger partial charge in [-0.25, -0.2) is 4.98 Å². The van der Waals surface area contributed by atoms with E-state index in [1.807, 2.05) is 24.3 Å². The fourth-order valence-electron chi connectivity index (χ4n) is 1.86. The minimum Gasteiger partial charge on any atom is -0.369 e. The number of nitrogen functional groups attached to an aromatic ring is 1. The van der Waals surface area contributed by atoms with Gasteiger partial charge in [0, 0.05) is 11.4 Å². The summed E-state index contributed by atoms with van der Waals surface area (Å²) in [5.41, 5.74) is 7.56. The minimum absolute atomic E-state index is 0.0464. The summed E-state index contributed by atoms with van der Waals surface area (Å²) in [5, 5.41) is 0. The van der Waals surface area contributed by atoms with Gasteiger partial charge in [0.05, 0.1) is 0 Å². The van der Waals surface area contributed by atoms with Gasteiger partial charge in [-0.05, 0) is 11.6 Å². The van der Waals surface area contributed by atoms with Crippen molar-refractivity contribution in [2.45, 2.75) is 5.88 Å². The Morgan fingerprint density at radius 1 is 1.26 bits per heavy atom. The van der Waals surface area contributed by atoms with Gasteiger partial charge in [0.25, 0.3) is 5.56 Å². The first-order chi connectivity index (χ1) is 9.17. The molecule has 2 aromatic heterocycles. The molecule has 0 spiro atoms. The maximum absolute atomic E-state index is 11.7. The van der Waals surface area contributed by atoms with Crippen molar-refractivity contribution in [1.82, 2.24) is 19.9 Å². The Hall–Kier alpha value is -2.34. The van der Waals surface area contributed by atoms with Crippen LogP contribution in [0, 0.1) is 0 Å². The number of alkyl halides is 1. The molecule has 0 saturated carbocycles. The fourth-order valence-corrected chi connectivity index (χ4v) is 2.03. The molecule has 0 fully saturated rings. The van der Waals surface area contributed by atoms with Crippen LogP contribution in [0.4, 0.5) is 5.95 Å². The van der Waals surface area contributed by atoms with E-state index in [-0.39, 0.29) is 11.5 Å². The van der Waals surface area contributed by atoms with Gasteiger partial charge in [-0.2, -0.15) is 4.98 Å². The molecule has 4 N–H and O–H groups in total. The quantitative estimate of drug-likeness (QED) is 0.619. The zero-order valence-electron chi connectivity index (χ0n) is 9.77. The highest BCUT2D eigenvalue weighted by Gasteiger charge is 2.10. The SMILES string of the molecule is Nc1nc2nc(-c3cccc(CCl)c3)[nH]c2c(=O)[nH]1. The zero-order chi connectivity index (χ0) is 13.4. The minimum atomic E-state index is -0.338. The van der Waals surface area contributed by atoms with E-state index in [1.54, 1.807) is 0 Å². The smallest absolute Gasteiger partial charge is 0.278 e. The zero-order valence-corrected chi connectivity index (χ0v) is 10.5. The maximum atomic E-state index is 11.7. The molecular formula is C12H10ClN5O. The second kappa shape index (κ2) is 4.40. The molecule has 2 heterocycles. The predicted octanol–water partition coefficient (Wildman–Crippen LogP) is 1.63. The van der Waals surface area contributed by atoms with Crippen molar-refractivity contribution in [1.29, 1.82) is 0 Å². The van der Waals surface area contributed by atoms with Crippen molar-refractivity contribution < 1.29 is 0 Å². The average Bonchev–Trinajstić information content (AvgIpc) is 2.83. The van der Waals surface area contributed by atoms with E-state index in [2.05, 4.69) is 19.9 Å². The van der Waals surface area contributed by atoms with Crippen LogP contribution in [0.1, 0.15) is 5.56 Å². The third-order valence-electron chi connectivity index (χ3n) is 2.73. The number of anilines is 1. The van der Waals surface area contributed by atoms with Crippen LogP contribution in [0.15, 0.2) is 29.1 Å². The Kier molecular flexibility index (Phi) is 2.72. The maximum Gasteiger partial charge on any atom is 0.278 e. The number of nitrogens with one attached hydrogen (secondary N) is 2. The van der Waals surface area contributed by atoms with Crippen molar-refractivity contribution in [3.8, 4) is 11.4 Å². The number of aromatic amines is 2. The summed E-state index contributed by atoms with van der Waals surface area (Å²) in [6.07, 6.45) is 0. The van der Waals surface area contributed by atoms with Crippen LogP contribution >= 0.6 is 11.6 Å². The highest BCUT2D eigenvalue weighted by atomic mass is 35.5. The van der Waals surface area contributed by atoms with Crippen molar-refractivity contribution in [3.05, 3.63) is 40.2 Å². The molecule has 96 valence electrons. The molecule has 0 aliphatic rings. The number of nitrogens with zero attached hydrogens (tertiary/aromatic N) is 2. The molecule has 0 amide bonds. The van der Waals surface area contributed by atoms with Crippen LogP contribution < -0.4 is 11.3 Å². The molecule has 19 heavy (non-hydrogen) atoms. The molecule has 3 aromatic rings. The number of imidazole rings is 1. The lowest BCUT2D eigenvalue weighted by Crippen LogP contribution is -2.10. The second-order valence-electron chi connectivity index (χ2n) is 4.07. The number of hydrogen-bond donors (Lipinski definition) is 3. The van der Waals surface area contributed by atoms with E-state index in [0.29, 0.717) is 22.9 Å². The van der Waals surface area contributed by atoms with Crippen LogP contribution in [-0.4, -0.2) is 19.9 Å². The fraction of sp³-hybridized carbons (Fsp3) is 0.0833. The normalized spacial score (nSPS) is 11.0. The second-order valence-corrected chi connectivity index (χ2v) is 4.34. The summed E-state index contributed by atoms with van der Waals surface area (Å²) < 4.78 is 0. The van der Waals surface area contributed by atoms with Crippen LogP contribution in [0.3, 0.4) is 0 Å². The number of H-pyrrole nitrogens is 2. The van der Waals surface area contributed by atoms with Gasteiger partial charge in [0.1, 0.15) is 5.82 Å². The van der Waals surface area contributed by atoms with Gasteiger partial charge >= 0.3 is 0 Å². The van der Waals surface area contributed by atoms with Crippen LogP contribution in [0.2, 0.25) is 0 Å². The number of hydrogen-bond acceptors (Lipinski definition) is 4. The molecular weight excluding hydrogens is 266 g/mol. The van der Waals surface area contributed by atoms with Gasteiger partial charge in [0.2, 0.25) is 5.95 Å². The number of benzene rings is 1. The largest absolute Gasteiger partial charge is 0.369 e. The molecule has 0 bridgehead atoms. The molecule has 0 saturated heterocycles. The van der Waals surface area contributed by atoms with Crippen molar-refractivity contribution >= 4 is 28.7 Å². The Balaban J connectivity index is 2.20. The van der Waals surface area contributed by atoms with Gasteiger partial charge in [-0.3, -0.25) is 9.78 Å². The lowest BCUT2D eigenvalue weighted by atomic mass is 10.1. The number of rotatable bonds is 2. The Labute approximate surface area is 112 Å². The van der Waals surface area contributed by atoms with Gasteiger partial charge in [-0.1, -0.05) is 18.2 Å². The summed E-state index contributed by atoms with van der Waals surface area (Å²) >= 11 is 5.80. The van der Waals surface area contributed by atoms with E-state index in [1.165, 1.54) is 0 Å². The topological polar surface area (TPSA) is 100 Å². The van der Waals surface area contributed by atoms with Gasteiger partial charge in [-0.15, -0.1) is 11.6 Å². The Bertz CT molecular complexity index is 807. The predicted molar refractivity (Wildman–Crippen MR) is 73.9 cm³/mol. The number of halogens is 1. The average molecular weight is 276 g/mol. The van der Waals surface area contributed by atoms with Crippen molar-refractivity contribution in [2.75, 3.05) is 5.73 Å². The van der Waals surface area contributed by atoms with E-state index < -0.39 is 0 Å². The Morgan fingerprint density at radius 3 is 2.89 bits per heavy atom. The van der Waals surface area contributed by atoms with E-state index in [0.717, 1.165) is 11.1 Å². The molecule has 6 nitrogen and oxygen atoms in total. The summed E-state index contributed by atoms with van der Waals surface area (Å²) in [4.78, 5) is 25.3. The molecule has 0 radical (unpaired) electrons. The van der Waals surface area contributed by atoms with Crippen molar-refractivity contribution in [2.24, 2.45) is 0 Å². The molecule has 0 aliphatic heterocycles. The van der Waals surface area contributed by atoms with Gasteiger partial charge in [0.15, 0.2) is 11.2 Å². The third-order valence-corrected chi connectivity index (χ3v) is 3.04. The molecule has 7 heteroatoms. The first-order valence-corrected chi connectivity index (χ1v) is 6.11. The lowest BCUT2D eigenvalue weighted by Gasteiger charge is -1.98. The molecule has 1 aromatic carbocycles. The molecule has 3 rings (SSSR count). The highest BCUT2D eigenvalue weighted by Crippen LogP contribution is 2.19. The van der Waals surface area contributed by atoms with Crippen LogP contribution in [0.25, 0.3) is 22.6 Å². The first-order valence-electron chi connectivity index (χ1n) is 5.58. The lowest BCUT2D eigenvalue weighted by molar-refractivity contribution is 1.17. The van der Waals surface area contributed by atoms with Gasteiger partial charge < -0.3 is 10.7 Å².